The van der Waals surface area contributed by atoms with Crippen LogP contribution in [0.5, 0.6) is 0 Å². The molecule has 0 unspecified atom stereocenters. The van der Waals surface area contributed by atoms with Gasteiger partial charge in [0.15, 0.2) is 0 Å². The summed E-state index contributed by atoms with van der Waals surface area (Å²) in [7, 11) is 1.74. The summed E-state index contributed by atoms with van der Waals surface area (Å²) in [6.07, 6.45) is 2.31. The molecule has 1 aromatic heterocycles. The van der Waals surface area contributed by atoms with E-state index in [-0.39, 0.29) is 17.8 Å². The minimum absolute atomic E-state index is 0.0155. The molecule has 2 heterocycles. The average Bonchev–Trinajstić information content (AvgIpc) is 3.00. The van der Waals surface area contributed by atoms with E-state index in [1.54, 1.807) is 18.0 Å². The fourth-order valence-corrected chi connectivity index (χ4v) is 2.43. The van der Waals surface area contributed by atoms with Crippen LogP contribution in [0.25, 0.3) is 0 Å². The minimum atomic E-state index is -0.176. The Hall–Kier alpha value is -2.14. The lowest BCUT2D eigenvalue weighted by Crippen LogP contribution is -2.38. The molecule has 2 aromatic rings. The number of likely N-dealkylation sites (N-methyl/N-ethyl adjacent to an activating group) is 1. The van der Waals surface area contributed by atoms with Gasteiger partial charge in [0, 0.05) is 26.1 Å². The van der Waals surface area contributed by atoms with E-state index in [4.69, 9.17) is 9.26 Å². The number of amides is 1. The number of benzene rings is 1. The Kier molecular flexibility index (Phi) is 3.52. The molecule has 0 N–H and O–H groups in total. The van der Waals surface area contributed by atoms with Crippen LogP contribution in [0, 0.1) is 0 Å². The van der Waals surface area contributed by atoms with Crippen LogP contribution in [0.15, 0.2) is 41.1 Å². The van der Waals surface area contributed by atoms with Crippen LogP contribution in [0.3, 0.4) is 0 Å². The Bertz CT molecular complexity index is 595. The number of ether oxygens (including phenoxy) is 1. The van der Waals surface area contributed by atoms with Gasteiger partial charge in [-0.25, -0.2) is 0 Å². The predicted molar refractivity (Wildman–Crippen MR) is 72.2 cm³/mol. The van der Waals surface area contributed by atoms with Crippen molar-refractivity contribution in [1.29, 1.82) is 0 Å². The number of rotatable bonds is 3. The molecule has 1 aliphatic rings. The van der Waals surface area contributed by atoms with Gasteiger partial charge in [0.25, 0.3) is 5.91 Å². The van der Waals surface area contributed by atoms with Crippen molar-refractivity contribution in [3.05, 3.63) is 53.4 Å². The third kappa shape index (κ3) is 2.58. The maximum atomic E-state index is 12.1. The first kappa shape index (κ1) is 12.9. The first-order chi connectivity index (χ1) is 9.74. The average molecular weight is 272 g/mol. The summed E-state index contributed by atoms with van der Waals surface area (Å²) in [6, 6.07) is 9.81. The van der Waals surface area contributed by atoms with Gasteiger partial charge in [0.2, 0.25) is 5.76 Å². The molecule has 1 atom stereocenters. The van der Waals surface area contributed by atoms with E-state index in [9.17, 15) is 4.79 Å². The van der Waals surface area contributed by atoms with E-state index < -0.39 is 0 Å². The second kappa shape index (κ2) is 5.46. The fraction of sp³-hybridized carbons (Fsp3) is 0.333. The van der Waals surface area contributed by atoms with Crippen molar-refractivity contribution in [3.63, 3.8) is 0 Å². The highest BCUT2D eigenvalue weighted by atomic mass is 16.5. The zero-order valence-electron chi connectivity index (χ0n) is 11.3. The molecule has 0 saturated heterocycles. The quantitative estimate of drug-likeness (QED) is 0.856. The van der Waals surface area contributed by atoms with Gasteiger partial charge in [-0.3, -0.25) is 4.79 Å². The summed E-state index contributed by atoms with van der Waals surface area (Å²) < 4.78 is 10.7. The lowest BCUT2D eigenvalue weighted by molar-refractivity contribution is 0.00902. The van der Waals surface area contributed by atoms with E-state index in [0.29, 0.717) is 13.2 Å². The minimum Gasteiger partial charge on any atom is -0.371 e. The molecular formula is C15H16N2O3. The summed E-state index contributed by atoms with van der Waals surface area (Å²) in [5.41, 5.74) is 2.53. The first-order valence-electron chi connectivity index (χ1n) is 6.58. The molecule has 3 rings (SSSR count). The van der Waals surface area contributed by atoms with Crippen LogP contribution in [0.2, 0.25) is 0 Å². The molecule has 1 aliphatic heterocycles. The molecule has 0 aliphatic carbocycles. The lowest BCUT2D eigenvalue weighted by atomic mass is 9.99. The van der Waals surface area contributed by atoms with Crippen molar-refractivity contribution in [3.8, 4) is 0 Å². The topological polar surface area (TPSA) is 55.6 Å². The number of hydrogen-bond acceptors (Lipinski definition) is 4. The Labute approximate surface area is 117 Å². The molecule has 1 amide bonds. The lowest BCUT2D eigenvalue weighted by Gasteiger charge is -2.28. The van der Waals surface area contributed by atoms with Crippen LogP contribution in [0.1, 0.15) is 21.7 Å². The molecule has 20 heavy (non-hydrogen) atoms. The SMILES string of the molecule is CN(C[C@@H]1Cc2ccccc2CO1)C(=O)c1ccno1. The van der Waals surface area contributed by atoms with E-state index in [0.717, 1.165) is 6.42 Å². The van der Waals surface area contributed by atoms with Crippen LogP contribution in [-0.4, -0.2) is 35.7 Å². The molecule has 0 saturated carbocycles. The number of aromatic nitrogens is 1. The van der Waals surface area contributed by atoms with Gasteiger partial charge in [-0.05, 0) is 11.1 Å². The number of nitrogens with zero attached hydrogens (tertiary/aromatic N) is 2. The predicted octanol–water partition coefficient (Wildman–Crippen LogP) is 1.89. The summed E-state index contributed by atoms with van der Waals surface area (Å²) in [5.74, 6) is 0.0775. The van der Waals surface area contributed by atoms with Crippen LogP contribution >= 0.6 is 0 Å². The van der Waals surface area contributed by atoms with Crippen molar-refractivity contribution in [2.24, 2.45) is 0 Å². The molecule has 0 spiro atoms. The van der Waals surface area contributed by atoms with Gasteiger partial charge < -0.3 is 14.2 Å². The molecular weight excluding hydrogens is 256 g/mol. The molecule has 5 heteroatoms. The second-order valence-electron chi connectivity index (χ2n) is 4.97. The largest absolute Gasteiger partial charge is 0.371 e. The number of carbonyl (C=O) groups excluding carboxylic acids is 1. The van der Waals surface area contributed by atoms with Crippen molar-refractivity contribution >= 4 is 5.91 Å². The standard InChI is InChI=1S/C15H16N2O3/c1-17(15(18)14-6-7-16-20-14)9-13-8-11-4-2-3-5-12(11)10-19-13/h2-7,13H,8-10H2,1H3/t13-/m0/s1. The van der Waals surface area contributed by atoms with Crippen LogP contribution in [0.4, 0.5) is 0 Å². The molecule has 0 radical (unpaired) electrons. The summed E-state index contributed by atoms with van der Waals surface area (Å²) in [5, 5.41) is 3.55. The van der Waals surface area contributed by atoms with E-state index in [1.165, 1.54) is 17.3 Å². The molecule has 0 fully saturated rings. The van der Waals surface area contributed by atoms with Gasteiger partial charge in [0.05, 0.1) is 18.9 Å². The maximum absolute atomic E-state index is 12.1. The first-order valence-corrected chi connectivity index (χ1v) is 6.58. The highest BCUT2D eigenvalue weighted by molar-refractivity contribution is 5.91. The summed E-state index contributed by atoms with van der Waals surface area (Å²) in [4.78, 5) is 13.7. The number of hydrogen-bond donors (Lipinski definition) is 0. The molecule has 104 valence electrons. The Morgan fingerprint density at radius 3 is 2.90 bits per heavy atom. The van der Waals surface area contributed by atoms with Gasteiger partial charge in [0.1, 0.15) is 0 Å². The summed E-state index contributed by atoms with van der Waals surface area (Å²) >= 11 is 0. The number of carbonyl (C=O) groups is 1. The van der Waals surface area contributed by atoms with Crippen molar-refractivity contribution in [2.75, 3.05) is 13.6 Å². The Balaban J connectivity index is 1.63. The zero-order chi connectivity index (χ0) is 13.9. The van der Waals surface area contributed by atoms with E-state index in [2.05, 4.69) is 17.3 Å². The molecule has 5 nitrogen and oxygen atoms in total. The Morgan fingerprint density at radius 1 is 1.35 bits per heavy atom. The zero-order valence-corrected chi connectivity index (χ0v) is 11.3. The summed E-state index contributed by atoms with van der Waals surface area (Å²) in [6.45, 7) is 1.14. The highest BCUT2D eigenvalue weighted by Crippen LogP contribution is 2.21. The Morgan fingerprint density at radius 2 is 2.15 bits per heavy atom. The van der Waals surface area contributed by atoms with Gasteiger partial charge >= 0.3 is 0 Å². The van der Waals surface area contributed by atoms with Crippen molar-refractivity contribution in [2.45, 2.75) is 19.1 Å². The highest BCUT2D eigenvalue weighted by Gasteiger charge is 2.23. The second-order valence-corrected chi connectivity index (χ2v) is 4.97. The van der Waals surface area contributed by atoms with Crippen molar-refractivity contribution < 1.29 is 14.1 Å². The van der Waals surface area contributed by atoms with Crippen LogP contribution < -0.4 is 0 Å². The third-order valence-electron chi connectivity index (χ3n) is 3.51. The normalized spacial score (nSPS) is 17.6. The molecule has 0 bridgehead atoms. The third-order valence-corrected chi connectivity index (χ3v) is 3.51. The van der Waals surface area contributed by atoms with Gasteiger partial charge in [-0.15, -0.1) is 0 Å². The van der Waals surface area contributed by atoms with E-state index >= 15 is 0 Å². The maximum Gasteiger partial charge on any atom is 0.292 e. The van der Waals surface area contributed by atoms with Crippen LogP contribution in [-0.2, 0) is 17.8 Å². The molecule has 1 aromatic carbocycles. The van der Waals surface area contributed by atoms with Gasteiger partial charge in [-0.1, -0.05) is 29.4 Å². The smallest absolute Gasteiger partial charge is 0.292 e. The fourth-order valence-electron chi connectivity index (χ4n) is 2.43. The van der Waals surface area contributed by atoms with Crippen molar-refractivity contribution in [1.82, 2.24) is 10.1 Å². The number of fused-ring (bicyclic) bond motifs is 1. The van der Waals surface area contributed by atoms with E-state index in [1.807, 2.05) is 12.1 Å². The van der Waals surface area contributed by atoms with Gasteiger partial charge in [-0.2, -0.15) is 0 Å². The monoisotopic (exact) mass is 272 g/mol.